The van der Waals surface area contributed by atoms with E-state index in [0.717, 1.165) is 5.69 Å². The van der Waals surface area contributed by atoms with Gasteiger partial charge in [0.15, 0.2) is 17.9 Å². The van der Waals surface area contributed by atoms with Crippen LogP contribution in [0.1, 0.15) is 0 Å². The molecule has 122 valence electrons. The van der Waals surface area contributed by atoms with Crippen LogP contribution in [0.2, 0.25) is 0 Å². The fraction of sp³-hybridized carbons (Fsp3) is 0.176. The summed E-state index contributed by atoms with van der Waals surface area (Å²) >= 11 is 0. The molecule has 1 aliphatic rings. The standard InChI is InChI=1S/C17H14N2O5/c1-21-9-5-14(22-2)16-12(20)7-13(24-15(16)6-9)10-3-4-11-17(19-10)23-8-18-11/h3-7,18H,8H2,1-2H3. The van der Waals surface area contributed by atoms with Crippen molar-refractivity contribution in [3.05, 3.63) is 40.6 Å². The summed E-state index contributed by atoms with van der Waals surface area (Å²) in [7, 11) is 3.03. The van der Waals surface area contributed by atoms with Crippen LogP contribution in [-0.4, -0.2) is 25.9 Å². The predicted molar refractivity (Wildman–Crippen MR) is 87.9 cm³/mol. The first-order valence-electron chi connectivity index (χ1n) is 7.27. The van der Waals surface area contributed by atoms with Crippen LogP contribution in [0.25, 0.3) is 22.4 Å². The molecule has 0 atom stereocenters. The highest BCUT2D eigenvalue weighted by atomic mass is 16.5. The molecule has 0 fully saturated rings. The Hall–Kier alpha value is -3.22. The molecule has 0 unspecified atom stereocenters. The number of hydrogen-bond donors (Lipinski definition) is 1. The second-order valence-corrected chi connectivity index (χ2v) is 5.19. The minimum atomic E-state index is -0.216. The summed E-state index contributed by atoms with van der Waals surface area (Å²) in [5.74, 6) is 1.77. The van der Waals surface area contributed by atoms with E-state index < -0.39 is 0 Å². The largest absolute Gasteiger partial charge is 0.496 e. The Kier molecular flexibility index (Phi) is 3.26. The van der Waals surface area contributed by atoms with Crippen molar-refractivity contribution in [3.8, 4) is 28.8 Å². The van der Waals surface area contributed by atoms with Crippen LogP contribution in [0.3, 0.4) is 0 Å². The monoisotopic (exact) mass is 326 g/mol. The van der Waals surface area contributed by atoms with Crippen molar-refractivity contribution >= 4 is 16.7 Å². The van der Waals surface area contributed by atoms with Gasteiger partial charge in [-0.1, -0.05) is 0 Å². The summed E-state index contributed by atoms with van der Waals surface area (Å²) in [6, 6.07) is 8.29. The molecular weight excluding hydrogens is 312 g/mol. The van der Waals surface area contributed by atoms with E-state index in [4.69, 9.17) is 18.6 Å². The molecule has 3 aromatic rings. The number of ether oxygens (including phenoxy) is 3. The molecule has 24 heavy (non-hydrogen) atoms. The van der Waals surface area contributed by atoms with Gasteiger partial charge in [-0.05, 0) is 12.1 Å². The Bertz CT molecular complexity index is 996. The Morgan fingerprint density at radius 3 is 2.83 bits per heavy atom. The van der Waals surface area contributed by atoms with Gasteiger partial charge in [-0.3, -0.25) is 4.79 Å². The number of pyridine rings is 1. The number of benzene rings is 1. The lowest BCUT2D eigenvalue weighted by molar-refractivity contribution is 0.359. The third-order valence-corrected chi connectivity index (χ3v) is 3.81. The van der Waals surface area contributed by atoms with Gasteiger partial charge in [0.05, 0.1) is 19.9 Å². The summed E-state index contributed by atoms with van der Waals surface area (Å²) < 4.78 is 21.7. The normalized spacial score (nSPS) is 12.4. The molecule has 7 nitrogen and oxygen atoms in total. The van der Waals surface area contributed by atoms with Crippen LogP contribution in [0.4, 0.5) is 5.69 Å². The fourth-order valence-corrected chi connectivity index (χ4v) is 2.64. The van der Waals surface area contributed by atoms with Gasteiger partial charge in [0.1, 0.15) is 28.2 Å². The number of methoxy groups -OCH3 is 2. The lowest BCUT2D eigenvalue weighted by Gasteiger charge is -2.09. The average molecular weight is 326 g/mol. The number of aromatic nitrogens is 1. The molecule has 0 aliphatic carbocycles. The van der Waals surface area contributed by atoms with Crippen molar-refractivity contribution in [1.29, 1.82) is 0 Å². The Morgan fingerprint density at radius 2 is 2.04 bits per heavy atom. The van der Waals surface area contributed by atoms with Crippen molar-refractivity contribution < 1.29 is 18.6 Å². The topological polar surface area (TPSA) is 82.8 Å². The second-order valence-electron chi connectivity index (χ2n) is 5.19. The molecule has 3 heterocycles. The molecule has 1 aromatic carbocycles. The number of fused-ring (bicyclic) bond motifs is 2. The van der Waals surface area contributed by atoms with Crippen molar-refractivity contribution in [1.82, 2.24) is 4.98 Å². The first kappa shape index (κ1) is 14.4. The molecule has 0 saturated carbocycles. The predicted octanol–water partition coefficient (Wildman–Crippen LogP) is 2.63. The Labute approximate surface area is 136 Å². The molecular formula is C17H14N2O5. The van der Waals surface area contributed by atoms with Crippen LogP contribution in [0.15, 0.2) is 39.5 Å². The lowest BCUT2D eigenvalue weighted by atomic mass is 10.1. The smallest absolute Gasteiger partial charge is 0.239 e. The molecule has 1 N–H and O–H groups in total. The summed E-state index contributed by atoms with van der Waals surface area (Å²) in [5.41, 5.74) is 1.48. The van der Waals surface area contributed by atoms with E-state index in [1.807, 2.05) is 6.07 Å². The van der Waals surface area contributed by atoms with Crippen LogP contribution >= 0.6 is 0 Å². The second kappa shape index (κ2) is 5.45. The molecule has 0 saturated heterocycles. The SMILES string of the molecule is COc1cc(OC)c2c(=O)cc(-c3ccc4c(n3)OCN4)oc2c1. The zero-order chi connectivity index (χ0) is 16.7. The third-order valence-electron chi connectivity index (χ3n) is 3.81. The highest BCUT2D eigenvalue weighted by Crippen LogP contribution is 2.33. The van der Waals surface area contributed by atoms with Crippen molar-refractivity contribution in [2.75, 3.05) is 26.3 Å². The number of nitrogens with zero attached hydrogens (tertiary/aromatic N) is 1. The minimum absolute atomic E-state index is 0.216. The number of anilines is 1. The average Bonchev–Trinajstić information content (AvgIpc) is 3.08. The summed E-state index contributed by atoms with van der Waals surface area (Å²) in [6.07, 6.45) is 0. The Balaban J connectivity index is 1.93. The molecule has 0 bridgehead atoms. The number of hydrogen-bond acceptors (Lipinski definition) is 7. The van der Waals surface area contributed by atoms with E-state index in [0.29, 0.717) is 46.5 Å². The lowest BCUT2D eigenvalue weighted by Crippen LogP contribution is -2.03. The number of nitrogens with one attached hydrogen (secondary N) is 1. The maximum Gasteiger partial charge on any atom is 0.239 e. The van der Waals surface area contributed by atoms with Crippen molar-refractivity contribution in [3.63, 3.8) is 0 Å². The molecule has 2 aromatic heterocycles. The third kappa shape index (κ3) is 2.21. The van der Waals surface area contributed by atoms with E-state index in [2.05, 4.69) is 10.3 Å². The van der Waals surface area contributed by atoms with E-state index in [-0.39, 0.29) is 5.43 Å². The van der Waals surface area contributed by atoms with Crippen LogP contribution in [-0.2, 0) is 0 Å². The first-order valence-corrected chi connectivity index (χ1v) is 7.27. The van der Waals surface area contributed by atoms with E-state index in [1.54, 1.807) is 18.2 Å². The maximum atomic E-state index is 12.5. The van der Waals surface area contributed by atoms with Gasteiger partial charge >= 0.3 is 0 Å². The molecule has 0 radical (unpaired) electrons. The van der Waals surface area contributed by atoms with Gasteiger partial charge in [0, 0.05) is 18.2 Å². The number of rotatable bonds is 3. The minimum Gasteiger partial charge on any atom is -0.496 e. The van der Waals surface area contributed by atoms with Gasteiger partial charge in [-0.15, -0.1) is 0 Å². The highest BCUT2D eigenvalue weighted by Gasteiger charge is 2.17. The van der Waals surface area contributed by atoms with E-state index >= 15 is 0 Å². The summed E-state index contributed by atoms with van der Waals surface area (Å²) in [5, 5.41) is 3.40. The van der Waals surface area contributed by atoms with Gasteiger partial charge in [-0.25, -0.2) is 4.98 Å². The molecule has 1 aliphatic heterocycles. The highest BCUT2D eigenvalue weighted by molar-refractivity contribution is 5.86. The Morgan fingerprint density at radius 1 is 1.17 bits per heavy atom. The van der Waals surface area contributed by atoms with E-state index in [9.17, 15) is 4.79 Å². The zero-order valence-electron chi connectivity index (χ0n) is 13.1. The first-order chi connectivity index (χ1) is 11.7. The van der Waals surface area contributed by atoms with Crippen LogP contribution in [0, 0.1) is 0 Å². The fourth-order valence-electron chi connectivity index (χ4n) is 2.64. The van der Waals surface area contributed by atoms with Gasteiger partial charge in [0.2, 0.25) is 5.88 Å². The quantitative estimate of drug-likeness (QED) is 0.792. The summed E-state index contributed by atoms with van der Waals surface area (Å²) in [4.78, 5) is 16.9. The maximum absolute atomic E-state index is 12.5. The molecule has 4 rings (SSSR count). The van der Waals surface area contributed by atoms with E-state index in [1.165, 1.54) is 20.3 Å². The van der Waals surface area contributed by atoms with Gasteiger partial charge in [-0.2, -0.15) is 0 Å². The molecule has 0 spiro atoms. The van der Waals surface area contributed by atoms with Crippen LogP contribution < -0.4 is 25.0 Å². The van der Waals surface area contributed by atoms with Crippen molar-refractivity contribution in [2.45, 2.75) is 0 Å². The molecule has 7 heteroatoms. The van der Waals surface area contributed by atoms with Crippen molar-refractivity contribution in [2.24, 2.45) is 0 Å². The summed E-state index contributed by atoms with van der Waals surface area (Å²) in [6.45, 7) is 0.377. The zero-order valence-corrected chi connectivity index (χ0v) is 13.1. The van der Waals surface area contributed by atoms with Gasteiger partial charge < -0.3 is 23.9 Å². The van der Waals surface area contributed by atoms with Gasteiger partial charge in [0.25, 0.3) is 0 Å². The van der Waals surface area contributed by atoms with Crippen LogP contribution in [0.5, 0.6) is 17.4 Å². The molecule has 0 amide bonds.